The first-order valence-electron chi connectivity index (χ1n) is 7.17. The summed E-state index contributed by atoms with van der Waals surface area (Å²) in [6.45, 7) is -0.0453. The third kappa shape index (κ3) is 2.84. The van der Waals surface area contributed by atoms with Gasteiger partial charge in [0.15, 0.2) is 17.5 Å². The molecule has 1 amide bonds. The summed E-state index contributed by atoms with van der Waals surface area (Å²) < 4.78 is 41.9. The van der Waals surface area contributed by atoms with Crippen molar-refractivity contribution in [1.29, 1.82) is 0 Å². The first kappa shape index (κ1) is 16.0. The molecule has 3 aromatic rings. The summed E-state index contributed by atoms with van der Waals surface area (Å²) in [6.07, 6.45) is 2.59. The standard InChI is InChI=1S/C17H14F3N3O/c1-22(2)16(24)9-23-8-14(20)17-15(23)6-11(7-21-17)10-3-4-12(18)13(19)5-10/h3-8H,9H2,1-2H3. The molecule has 0 unspecified atom stereocenters. The Kier molecular flexibility index (Phi) is 4.01. The lowest BCUT2D eigenvalue weighted by atomic mass is 10.1. The quantitative estimate of drug-likeness (QED) is 0.738. The molecule has 0 N–H and O–H groups in total. The minimum absolute atomic E-state index is 0.0453. The average Bonchev–Trinajstić information content (AvgIpc) is 2.85. The van der Waals surface area contributed by atoms with E-state index < -0.39 is 17.5 Å². The molecular formula is C17H14F3N3O. The van der Waals surface area contributed by atoms with Crippen molar-refractivity contribution in [3.8, 4) is 11.1 Å². The molecule has 0 radical (unpaired) electrons. The number of hydrogen-bond acceptors (Lipinski definition) is 2. The molecule has 0 atom stereocenters. The summed E-state index contributed by atoms with van der Waals surface area (Å²) in [5, 5.41) is 0. The molecule has 124 valence electrons. The fourth-order valence-corrected chi connectivity index (χ4v) is 2.38. The molecule has 4 nitrogen and oxygen atoms in total. The van der Waals surface area contributed by atoms with Crippen molar-refractivity contribution >= 4 is 16.9 Å². The predicted molar refractivity (Wildman–Crippen MR) is 83.7 cm³/mol. The third-order valence-corrected chi connectivity index (χ3v) is 3.73. The molecule has 0 spiro atoms. The SMILES string of the molecule is CN(C)C(=O)Cn1cc(F)c2ncc(-c3ccc(F)c(F)c3)cc21. The highest BCUT2D eigenvalue weighted by Crippen LogP contribution is 2.26. The number of pyridine rings is 1. The van der Waals surface area contributed by atoms with E-state index in [2.05, 4.69) is 4.98 Å². The van der Waals surface area contributed by atoms with Crippen LogP contribution in [0, 0.1) is 17.5 Å². The molecule has 0 aliphatic rings. The summed E-state index contributed by atoms with van der Waals surface area (Å²) >= 11 is 0. The first-order valence-corrected chi connectivity index (χ1v) is 7.17. The van der Waals surface area contributed by atoms with E-state index in [4.69, 9.17) is 0 Å². The molecule has 0 aliphatic carbocycles. The average molecular weight is 333 g/mol. The van der Waals surface area contributed by atoms with Gasteiger partial charge in [-0.05, 0) is 23.8 Å². The van der Waals surface area contributed by atoms with Gasteiger partial charge < -0.3 is 9.47 Å². The van der Waals surface area contributed by atoms with Crippen LogP contribution in [-0.4, -0.2) is 34.5 Å². The van der Waals surface area contributed by atoms with Crippen LogP contribution < -0.4 is 0 Å². The second-order valence-corrected chi connectivity index (χ2v) is 5.61. The van der Waals surface area contributed by atoms with Crippen LogP contribution in [0.1, 0.15) is 0 Å². The number of fused-ring (bicyclic) bond motifs is 1. The van der Waals surface area contributed by atoms with E-state index in [0.29, 0.717) is 16.6 Å². The van der Waals surface area contributed by atoms with Crippen molar-refractivity contribution in [1.82, 2.24) is 14.5 Å². The third-order valence-electron chi connectivity index (χ3n) is 3.73. The molecule has 24 heavy (non-hydrogen) atoms. The second-order valence-electron chi connectivity index (χ2n) is 5.61. The Morgan fingerprint density at radius 3 is 2.50 bits per heavy atom. The largest absolute Gasteiger partial charge is 0.347 e. The van der Waals surface area contributed by atoms with Crippen molar-refractivity contribution in [2.45, 2.75) is 6.54 Å². The Morgan fingerprint density at radius 1 is 1.08 bits per heavy atom. The Bertz CT molecular complexity index is 934. The Morgan fingerprint density at radius 2 is 1.83 bits per heavy atom. The molecule has 0 bridgehead atoms. The number of nitrogens with zero attached hydrogens (tertiary/aromatic N) is 3. The number of likely N-dealkylation sites (N-methyl/N-ethyl adjacent to an activating group) is 1. The molecule has 7 heteroatoms. The first-order chi connectivity index (χ1) is 11.4. The fourth-order valence-electron chi connectivity index (χ4n) is 2.38. The minimum atomic E-state index is -0.975. The van der Waals surface area contributed by atoms with Gasteiger partial charge in [-0.15, -0.1) is 0 Å². The number of halogens is 3. The van der Waals surface area contributed by atoms with Gasteiger partial charge >= 0.3 is 0 Å². The maximum atomic E-state index is 14.0. The van der Waals surface area contributed by atoms with Crippen LogP contribution in [0.15, 0.2) is 36.7 Å². The highest BCUT2D eigenvalue weighted by molar-refractivity contribution is 5.84. The molecular weight excluding hydrogens is 319 g/mol. The highest BCUT2D eigenvalue weighted by atomic mass is 19.2. The van der Waals surface area contributed by atoms with Gasteiger partial charge in [-0.1, -0.05) is 6.07 Å². The summed E-state index contributed by atoms with van der Waals surface area (Å²) in [4.78, 5) is 17.3. The Labute approximate surface area is 136 Å². The number of amides is 1. The second kappa shape index (κ2) is 5.99. The van der Waals surface area contributed by atoms with Crippen LogP contribution in [0.25, 0.3) is 22.2 Å². The molecule has 3 rings (SSSR count). The summed E-state index contributed by atoms with van der Waals surface area (Å²) in [7, 11) is 3.21. The highest BCUT2D eigenvalue weighted by Gasteiger charge is 2.15. The van der Waals surface area contributed by atoms with Gasteiger partial charge in [-0.25, -0.2) is 13.2 Å². The van der Waals surface area contributed by atoms with Crippen LogP contribution >= 0.6 is 0 Å². The molecule has 2 aromatic heterocycles. The molecule has 1 aromatic carbocycles. The maximum Gasteiger partial charge on any atom is 0.241 e. The minimum Gasteiger partial charge on any atom is -0.347 e. The van der Waals surface area contributed by atoms with E-state index in [0.717, 1.165) is 12.1 Å². The van der Waals surface area contributed by atoms with Crippen LogP contribution in [-0.2, 0) is 11.3 Å². The van der Waals surface area contributed by atoms with Gasteiger partial charge in [0, 0.05) is 32.1 Å². The monoisotopic (exact) mass is 333 g/mol. The lowest BCUT2D eigenvalue weighted by Gasteiger charge is -2.11. The van der Waals surface area contributed by atoms with Gasteiger partial charge in [0.25, 0.3) is 0 Å². The number of benzene rings is 1. The van der Waals surface area contributed by atoms with Crippen LogP contribution in [0.5, 0.6) is 0 Å². The van der Waals surface area contributed by atoms with Gasteiger partial charge in [-0.2, -0.15) is 0 Å². The zero-order valence-corrected chi connectivity index (χ0v) is 13.1. The summed E-state index contributed by atoms with van der Waals surface area (Å²) in [6, 6.07) is 5.08. The van der Waals surface area contributed by atoms with Crippen LogP contribution in [0.2, 0.25) is 0 Å². The van der Waals surface area contributed by atoms with Gasteiger partial charge in [0.05, 0.1) is 5.52 Å². The van der Waals surface area contributed by atoms with Crippen LogP contribution in [0.4, 0.5) is 13.2 Å². The molecule has 2 heterocycles. The topological polar surface area (TPSA) is 38.1 Å². The summed E-state index contributed by atoms with van der Waals surface area (Å²) in [5.74, 6) is -2.67. The number of carbonyl (C=O) groups excluding carboxylic acids is 1. The van der Waals surface area contributed by atoms with E-state index in [1.54, 1.807) is 20.2 Å². The maximum absolute atomic E-state index is 14.0. The van der Waals surface area contributed by atoms with E-state index in [9.17, 15) is 18.0 Å². The van der Waals surface area contributed by atoms with Crippen molar-refractivity contribution in [3.63, 3.8) is 0 Å². The normalized spacial score (nSPS) is 11.0. The smallest absolute Gasteiger partial charge is 0.241 e. The van der Waals surface area contributed by atoms with Gasteiger partial charge in [-0.3, -0.25) is 9.78 Å². The fraction of sp³-hybridized carbons (Fsp3) is 0.176. The van der Waals surface area contributed by atoms with Crippen molar-refractivity contribution in [2.24, 2.45) is 0 Å². The van der Waals surface area contributed by atoms with Crippen LogP contribution in [0.3, 0.4) is 0 Å². The lowest BCUT2D eigenvalue weighted by Crippen LogP contribution is -2.25. The van der Waals surface area contributed by atoms with E-state index >= 15 is 0 Å². The van der Waals surface area contributed by atoms with E-state index in [-0.39, 0.29) is 18.0 Å². The number of carbonyl (C=O) groups is 1. The Hall–Kier alpha value is -2.83. The molecule has 0 fully saturated rings. The van der Waals surface area contributed by atoms with Crippen molar-refractivity contribution < 1.29 is 18.0 Å². The zero-order valence-electron chi connectivity index (χ0n) is 13.1. The molecule has 0 saturated carbocycles. The number of rotatable bonds is 3. The van der Waals surface area contributed by atoms with Gasteiger partial charge in [0.2, 0.25) is 5.91 Å². The van der Waals surface area contributed by atoms with Gasteiger partial charge in [0.1, 0.15) is 12.1 Å². The molecule has 0 saturated heterocycles. The van der Waals surface area contributed by atoms with Crippen molar-refractivity contribution in [3.05, 3.63) is 54.1 Å². The lowest BCUT2D eigenvalue weighted by molar-refractivity contribution is -0.129. The number of aromatic nitrogens is 2. The zero-order chi connectivity index (χ0) is 17.4. The van der Waals surface area contributed by atoms with E-state index in [1.165, 1.54) is 27.9 Å². The molecule has 0 aliphatic heterocycles. The summed E-state index contributed by atoms with van der Waals surface area (Å²) in [5.41, 5.74) is 1.44. The number of hydrogen-bond donors (Lipinski definition) is 0. The predicted octanol–water partition coefficient (Wildman–Crippen LogP) is 3.21. The Balaban J connectivity index is 2.09. The van der Waals surface area contributed by atoms with E-state index in [1.807, 2.05) is 0 Å². The van der Waals surface area contributed by atoms with Crippen molar-refractivity contribution in [2.75, 3.05) is 14.1 Å².